The Kier molecular flexibility index (Phi) is 4.39. The normalized spacial score (nSPS) is 10.5. The molecule has 1 nitrogen and oxygen atoms in total. The predicted octanol–water partition coefficient (Wildman–Crippen LogP) is 2.57. The highest BCUT2D eigenvalue weighted by atomic mass is 31.0. The van der Waals surface area contributed by atoms with Crippen LogP contribution in [0.3, 0.4) is 0 Å². The molecule has 0 spiro atoms. The summed E-state index contributed by atoms with van der Waals surface area (Å²) < 4.78 is 2.29. The van der Waals surface area contributed by atoms with Gasteiger partial charge in [-0.05, 0) is 18.6 Å². The van der Waals surface area contributed by atoms with Gasteiger partial charge in [-0.1, -0.05) is 35.4 Å². The van der Waals surface area contributed by atoms with E-state index in [9.17, 15) is 0 Å². The summed E-state index contributed by atoms with van der Waals surface area (Å²) in [4.78, 5) is 0. The molecule has 0 fully saturated rings. The molecule has 1 heterocycles. The predicted molar refractivity (Wildman–Crippen MR) is 57.9 cm³/mol. The van der Waals surface area contributed by atoms with Crippen molar-refractivity contribution >= 4 is 14.7 Å². The van der Waals surface area contributed by atoms with Crippen LogP contribution < -0.4 is 5.44 Å². The van der Waals surface area contributed by atoms with Crippen LogP contribution in [0, 0.1) is 0 Å². The third-order valence-corrected chi connectivity index (χ3v) is 2.64. The van der Waals surface area contributed by atoms with Crippen LogP contribution in [0.2, 0.25) is 0 Å². The molecule has 1 aromatic heterocycles. The molecular weight excluding hydrogens is 165 g/mol. The second kappa shape index (κ2) is 5.37. The number of aryl methyl sites for hydroxylation is 1. The topological polar surface area (TPSA) is 4.93 Å². The first-order chi connectivity index (χ1) is 5.84. The summed E-state index contributed by atoms with van der Waals surface area (Å²) in [5.74, 6) is 0. The molecule has 0 aliphatic rings. The molecule has 0 radical (unpaired) electrons. The summed E-state index contributed by atoms with van der Waals surface area (Å²) in [6.45, 7) is 3.42. The van der Waals surface area contributed by atoms with E-state index in [-0.39, 0.29) is 0 Å². The van der Waals surface area contributed by atoms with Crippen LogP contribution in [-0.4, -0.2) is 4.57 Å². The second-order valence-electron chi connectivity index (χ2n) is 3.19. The van der Waals surface area contributed by atoms with Gasteiger partial charge in [0, 0.05) is 18.2 Å². The zero-order chi connectivity index (χ0) is 8.81. The quantitative estimate of drug-likeness (QED) is 0.488. The fraction of sp³-hybridized carbons (Fsp3) is 0.600. The molecule has 0 N–H and O–H groups in total. The minimum absolute atomic E-state index is 1.17. The molecule has 0 aliphatic heterocycles. The average molecular weight is 183 g/mol. The van der Waals surface area contributed by atoms with E-state index in [0.29, 0.717) is 0 Å². The number of unbranched alkanes of at least 4 members (excludes halogenated alkanes) is 3. The molecule has 0 saturated carbocycles. The highest BCUT2D eigenvalue weighted by molar-refractivity contribution is 7.27. The van der Waals surface area contributed by atoms with Crippen LogP contribution in [0.5, 0.6) is 0 Å². The van der Waals surface area contributed by atoms with Crippen molar-refractivity contribution in [1.29, 1.82) is 0 Å². The van der Waals surface area contributed by atoms with Crippen molar-refractivity contribution in [2.24, 2.45) is 0 Å². The Labute approximate surface area is 77.4 Å². The molecule has 0 aromatic carbocycles. The maximum Gasteiger partial charge on any atom is 0.0347 e. The smallest absolute Gasteiger partial charge is 0.0347 e. The average Bonchev–Trinajstić information content (AvgIpc) is 2.46. The molecule has 0 aliphatic carbocycles. The van der Waals surface area contributed by atoms with Crippen LogP contribution in [0.15, 0.2) is 18.3 Å². The molecule has 0 saturated heterocycles. The van der Waals surface area contributed by atoms with Crippen molar-refractivity contribution in [3.05, 3.63) is 18.3 Å². The molecule has 0 bridgehead atoms. The molecule has 2 heteroatoms. The van der Waals surface area contributed by atoms with Gasteiger partial charge >= 0.3 is 0 Å². The van der Waals surface area contributed by atoms with Crippen LogP contribution in [0.4, 0.5) is 0 Å². The summed E-state index contributed by atoms with van der Waals surface area (Å²) in [5.41, 5.74) is 1.30. The molecule has 12 heavy (non-hydrogen) atoms. The minimum Gasteiger partial charge on any atom is -0.348 e. The summed E-state index contributed by atoms with van der Waals surface area (Å²) >= 11 is 0. The van der Waals surface area contributed by atoms with Gasteiger partial charge < -0.3 is 4.57 Å². The highest BCUT2D eigenvalue weighted by Gasteiger charge is 1.93. The van der Waals surface area contributed by atoms with E-state index >= 15 is 0 Å². The van der Waals surface area contributed by atoms with Gasteiger partial charge in [-0.15, -0.1) is 0 Å². The Morgan fingerprint density at radius 2 is 2.17 bits per heavy atom. The fourth-order valence-electron chi connectivity index (χ4n) is 1.34. The number of hydrogen-bond donors (Lipinski definition) is 0. The SMILES string of the molecule is CCCCCCn1cccc1P. The molecule has 1 unspecified atom stereocenters. The Morgan fingerprint density at radius 1 is 1.33 bits per heavy atom. The Balaban J connectivity index is 2.20. The summed E-state index contributed by atoms with van der Waals surface area (Å²) in [6, 6.07) is 4.23. The van der Waals surface area contributed by atoms with Crippen LogP contribution in [-0.2, 0) is 6.54 Å². The molecular formula is C10H18NP. The van der Waals surface area contributed by atoms with Gasteiger partial charge in [0.15, 0.2) is 0 Å². The third-order valence-electron chi connectivity index (χ3n) is 2.12. The van der Waals surface area contributed by atoms with Crippen molar-refractivity contribution < 1.29 is 0 Å². The van der Waals surface area contributed by atoms with Crippen molar-refractivity contribution in [2.45, 2.75) is 39.2 Å². The van der Waals surface area contributed by atoms with Gasteiger partial charge in [0.2, 0.25) is 0 Å². The Morgan fingerprint density at radius 3 is 2.75 bits per heavy atom. The summed E-state index contributed by atoms with van der Waals surface area (Å²) in [7, 11) is 2.76. The van der Waals surface area contributed by atoms with E-state index in [4.69, 9.17) is 0 Å². The monoisotopic (exact) mass is 183 g/mol. The van der Waals surface area contributed by atoms with Crippen LogP contribution in [0.1, 0.15) is 32.6 Å². The third kappa shape index (κ3) is 2.98. The maximum absolute atomic E-state index is 2.76. The zero-order valence-corrected chi connectivity index (χ0v) is 8.95. The van der Waals surface area contributed by atoms with Gasteiger partial charge in [0.05, 0.1) is 0 Å². The lowest BCUT2D eigenvalue weighted by Crippen LogP contribution is -2.08. The summed E-state index contributed by atoms with van der Waals surface area (Å²) in [6.07, 6.45) is 7.50. The lowest BCUT2D eigenvalue weighted by atomic mass is 10.2. The Bertz CT molecular complexity index is 217. The number of hydrogen-bond acceptors (Lipinski definition) is 0. The van der Waals surface area contributed by atoms with Crippen LogP contribution in [0.25, 0.3) is 0 Å². The van der Waals surface area contributed by atoms with Crippen molar-refractivity contribution in [3.63, 3.8) is 0 Å². The van der Waals surface area contributed by atoms with Crippen molar-refractivity contribution in [3.8, 4) is 0 Å². The minimum atomic E-state index is 1.17. The van der Waals surface area contributed by atoms with Gasteiger partial charge in [-0.25, -0.2) is 0 Å². The van der Waals surface area contributed by atoms with E-state index in [1.807, 2.05) is 0 Å². The van der Waals surface area contributed by atoms with E-state index in [1.165, 1.54) is 37.7 Å². The standard InChI is InChI=1S/C10H18NP/c1-2-3-4-5-8-11-9-6-7-10(11)12/h6-7,9H,2-5,8,12H2,1H3. The van der Waals surface area contributed by atoms with E-state index in [0.717, 1.165) is 0 Å². The first-order valence-electron chi connectivity index (χ1n) is 4.75. The van der Waals surface area contributed by atoms with Crippen LogP contribution >= 0.6 is 9.24 Å². The summed E-state index contributed by atoms with van der Waals surface area (Å²) in [5, 5.41) is 0. The van der Waals surface area contributed by atoms with Gasteiger partial charge in [0.1, 0.15) is 0 Å². The fourth-order valence-corrected chi connectivity index (χ4v) is 1.67. The van der Waals surface area contributed by atoms with Gasteiger partial charge in [0.25, 0.3) is 0 Å². The number of nitrogens with zero attached hydrogens (tertiary/aromatic N) is 1. The highest BCUT2D eigenvalue weighted by Crippen LogP contribution is 2.02. The number of rotatable bonds is 5. The molecule has 0 amide bonds. The Hall–Kier alpha value is -0.290. The number of aromatic nitrogens is 1. The van der Waals surface area contributed by atoms with Gasteiger partial charge in [-0.3, -0.25) is 0 Å². The van der Waals surface area contributed by atoms with E-state index in [1.54, 1.807) is 0 Å². The van der Waals surface area contributed by atoms with Crippen molar-refractivity contribution in [2.75, 3.05) is 0 Å². The van der Waals surface area contributed by atoms with Gasteiger partial charge in [-0.2, -0.15) is 0 Å². The molecule has 1 aromatic rings. The maximum atomic E-state index is 2.76. The first-order valence-corrected chi connectivity index (χ1v) is 5.33. The molecule has 68 valence electrons. The molecule has 1 rings (SSSR count). The zero-order valence-electron chi connectivity index (χ0n) is 7.79. The van der Waals surface area contributed by atoms with E-state index in [2.05, 4.69) is 39.1 Å². The van der Waals surface area contributed by atoms with Crippen molar-refractivity contribution in [1.82, 2.24) is 4.57 Å². The lowest BCUT2D eigenvalue weighted by molar-refractivity contribution is 0.591. The molecule has 1 atom stereocenters. The first kappa shape index (κ1) is 9.80. The van der Waals surface area contributed by atoms with E-state index < -0.39 is 0 Å². The second-order valence-corrected chi connectivity index (χ2v) is 3.78. The lowest BCUT2D eigenvalue weighted by Gasteiger charge is -2.04. The largest absolute Gasteiger partial charge is 0.348 e.